The lowest BCUT2D eigenvalue weighted by Crippen LogP contribution is -2.42. The van der Waals surface area contributed by atoms with E-state index in [1.165, 1.54) is 4.31 Å². The Hall–Kier alpha value is -2.38. The van der Waals surface area contributed by atoms with Crippen LogP contribution < -0.4 is 9.64 Å². The Morgan fingerprint density at radius 2 is 1.65 bits per heavy atom. The average Bonchev–Trinajstić information content (AvgIpc) is 2.62. The standard InChI is InChI=1S/C19H24N2O4S/c1-4-21(17-8-6-5-7-9-17)19(22)15-20(26(3,23)24)14-16-10-12-18(25-2)13-11-16/h5-13H,4,14-15H2,1-3H3. The van der Waals surface area contributed by atoms with Gasteiger partial charge in [0.2, 0.25) is 15.9 Å². The zero-order chi connectivity index (χ0) is 19.2. The molecule has 0 aliphatic heterocycles. The number of amides is 1. The molecule has 0 radical (unpaired) electrons. The quantitative estimate of drug-likeness (QED) is 0.710. The Morgan fingerprint density at radius 1 is 1.04 bits per heavy atom. The molecule has 0 heterocycles. The van der Waals surface area contributed by atoms with Gasteiger partial charge in [-0.05, 0) is 36.8 Å². The van der Waals surface area contributed by atoms with Crippen molar-refractivity contribution in [2.75, 3.05) is 31.4 Å². The first kappa shape index (κ1) is 19.9. The summed E-state index contributed by atoms with van der Waals surface area (Å²) in [7, 11) is -1.97. The number of hydrogen-bond acceptors (Lipinski definition) is 4. The Morgan fingerprint density at radius 3 is 2.15 bits per heavy atom. The minimum Gasteiger partial charge on any atom is -0.497 e. The molecule has 0 N–H and O–H groups in total. The van der Waals surface area contributed by atoms with Crippen molar-refractivity contribution in [1.29, 1.82) is 0 Å². The monoisotopic (exact) mass is 376 g/mol. The first-order valence-electron chi connectivity index (χ1n) is 8.28. The molecule has 0 spiro atoms. The number of carbonyl (C=O) groups excluding carboxylic acids is 1. The van der Waals surface area contributed by atoms with Crippen molar-refractivity contribution in [3.63, 3.8) is 0 Å². The van der Waals surface area contributed by atoms with Crippen LogP contribution in [-0.4, -0.2) is 45.1 Å². The van der Waals surface area contributed by atoms with E-state index in [1.807, 2.05) is 37.3 Å². The molecular formula is C19H24N2O4S. The van der Waals surface area contributed by atoms with Crippen LogP contribution >= 0.6 is 0 Å². The molecule has 140 valence electrons. The Kier molecular flexibility index (Phi) is 6.76. The first-order chi connectivity index (χ1) is 12.3. The lowest BCUT2D eigenvalue weighted by molar-refractivity contribution is -0.118. The lowest BCUT2D eigenvalue weighted by atomic mass is 10.2. The van der Waals surface area contributed by atoms with E-state index in [0.29, 0.717) is 12.3 Å². The highest BCUT2D eigenvalue weighted by molar-refractivity contribution is 7.88. The predicted octanol–water partition coefficient (Wildman–Crippen LogP) is 2.51. The fraction of sp³-hybridized carbons (Fsp3) is 0.316. The van der Waals surface area contributed by atoms with Gasteiger partial charge in [-0.3, -0.25) is 4.79 Å². The van der Waals surface area contributed by atoms with E-state index in [2.05, 4.69) is 0 Å². The molecule has 2 rings (SSSR count). The van der Waals surface area contributed by atoms with Gasteiger partial charge in [-0.2, -0.15) is 4.31 Å². The average molecular weight is 376 g/mol. The van der Waals surface area contributed by atoms with Crippen molar-refractivity contribution in [2.24, 2.45) is 0 Å². The number of sulfonamides is 1. The van der Waals surface area contributed by atoms with E-state index in [1.54, 1.807) is 36.3 Å². The molecule has 1 amide bonds. The molecule has 6 nitrogen and oxygen atoms in total. The van der Waals surface area contributed by atoms with Crippen LogP contribution in [0.1, 0.15) is 12.5 Å². The Labute approximate surface area is 155 Å². The second-order valence-corrected chi connectivity index (χ2v) is 7.84. The summed E-state index contributed by atoms with van der Waals surface area (Å²) < 4.78 is 30.6. The van der Waals surface area contributed by atoms with Gasteiger partial charge in [0.15, 0.2) is 0 Å². The van der Waals surface area contributed by atoms with Crippen LogP contribution in [0.4, 0.5) is 5.69 Å². The maximum atomic E-state index is 12.7. The van der Waals surface area contributed by atoms with Crippen molar-refractivity contribution in [2.45, 2.75) is 13.5 Å². The van der Waals surface area contributed by atoms with E-state index >= 15 is 0 Å². The van der Waals surface area contributed by atoms with E-state index in [4.69, 9.17) is 4.74 Å². The van der Waals surface area contributed by atoms with Crippen molar-refractivity contribution < 1.29 is 17.9 Å². The molecular weight excluding hydrogens is 352 g/mol. The van der Waals surface area contributed by atoms with Crippen LogP contribution in [0.5, 0.6) is 5.75 Å². The molecule has 0 aliphatic rings. The largest absolute Gasteiger partial charge is 0.497 e. The number of likely N-dealkylation sites (N-methyl/N-ethyl adjacent to an activating group) is 1. The smallest absolute Gasteiger partial charge is 0.242 e. The van der Waals surface area contributed by atoms with Gasteiger partial charge in [0, 0.05) is 18.8 Å². The van der Waals surface area contributed by atoms with Crippen LogP contribution in [0, 0.1) is 0 Å². The fourth-order valence-electron chi connectivity index (χ4n) is 2.57. The maximum absolute atomic E-state index is 12.7. The molecule has 0 atom stereocenters. The van der Waals surface area contributed by atoms with Gasteiger partial charge in [0.25, 0.3) is 0 Å². The molecule has 0 fully saturated rings. The third kappa shape index (κ3) is 5.31. The molecule has 2 aromatic carbocycles. The van der Waals surface area contributed by atoms with Gasteiger partial charge < -0.3 is 9.64 Å². The summed E-state index contributed by atoms with van der Waals surface area (Å²) >= 11 is 0. The topological polar surface area (TPSA) is 66.9 Å². The minimum atomic E-state index is -3.54. The van der Waals surface area contributed by atoms with E-state index in [9.17, 15) is 13.2 Å². The van der Waals surface area contributed by atoms with E-state index in [-0.39, 0.29) is 19.0 Å². The SMILES string of the molecule is CCN(C(=O)CN(Cc1ccc(OC)cc1)S(C)(=O)=O)c1ccccc1. The Bertz CT molecular complexity index is 820. The third-order valence-electron chi connectivity index (χ3n) is 3.98. The Balaban J connectivity index is 2.17. The van der Waals surface area contributed by atoms with Gasteiger partial charge in [-0.15, -0.1) is 0 Å². The second-order valence-electron chi connectivity index (χ2n) is 5.85. The van der Waals surface area contributed by atoms with E-state index < -0.39 is 10.0 Å². The molecule has 2 aromatic rings. The zero-order valence-electron chi connectivity index (χ0n) is 15.3. The number of benzene rings is 2. The number of ether oxygens (including phenoxy) is 1. The summed E-state index contributed by atoms with van der Waals surface area (Å²) in [6, 6.07) is 16.3. The maximum Gasteiger partial charge on any atom is 0.242 e. The fourth-order valence-corrected chi connectivity index (χ4v) is 3.30. The molecule has 26 heavy (non-hydrogen) atoms. The number of methoxy groups -OCH3 is 1. The van der Waals surface area contributed by atoms with Crippen molar-refractivity contribution in [1.82, 2.24) is 4.31 Å². The number of carbonyl (C=O) groups is 1. The minimum absolute atomic E-state index is 0.126. The molecule has 0 aromatic heterocycles. The number of rotatable bonds is 8. The summed E-state index contributed by atoms with van der Waals surface area (Å²) in [5.74, 6) is 0.426. The summed E-state index contributed by atoms with van der Waals surface area (Å²) in [6.45, 7) is 2.23. The van der Waals surface area contributed by atoms with Gasteiger partial charge in [0.05, 0.1) is 19.9 Å². The number of anilines is 1. The molecule has 0 unspecified atom stereocenters. The van der Waals surface area contributed by atoms with Gasteiger partial charge in [-0.25, -0.2) is 8.42 Å². The van der Waals surface area contributed by atoms with Crippen LogP contribution in [0.2, 0.25) is 0 Å². The molecule has 0 bridgehead atoms. The number of hydrogen-bond donors (Lipinski definition) is 0. The number of nitrogens with zero attached hydrogens (tertiary/aromatic N) is 2. The van der Waals surface area contributed by atoms with Crippen molar-refractivity contribution in [3.05, 3.63) is 60.2 Å². The highest BCUT2D eigenvalue weighted by Gasteiger charge is 2.24. The van der Waals surface area contributed by atoms with Crippen molar-refractivity contribution >= 4 is 21.6 Å². The highest BCUT2D eigenvalue weighted by Crippen LogP contribution is 2.17. The summed E-state index contributed by atoms with van der Waals surface area (Å²) in [5.41, 5.74) is 1.53. The molecule has 0 saturated carbocycles. The third-order valence-corrected chi connectivity index (χ3v) is 5.18. The normalized spacial score (nSPS) is 11.4. The van der Waals surface area contributed by atoms with Gasteiger partial charge >= 0.3 is 0 Å². The predicted molar refractivity (Wildman–Crippen MR) is 103 cm³/mol. The van der Waals surface area contributed by atoms with Crippen molar-refractivity contribution in [3.8, 4) is 5.75 Å². The highest BCUT2D eigenvalue weighted by atomic mass is 32.2. The summed E-state index contributed by atoms with van der Waals surface area (Å²) in [5, 5.41) is 0. The zero-order valence-corrected chi connectivity index (χ0v) is 16.1. The molecule has 7 heteroatoms. The van der Waals surface area contributed by atoms with Gasteiger partial charge in [-0.1, -0.05) is 30.3 Å². The first-order valence-corrected chi connectivity index (χ1v) is 10.1. The van der Waals surface area contributed by atoms with Crippen LogP contribution in [0.15, 0.2) is 54.6 Å². The lowest BCUT2D eigenvalue weighted by Gasteiger charge is -2.25. The van der Waals surface area contributed by atoms with Gasteiger partial charge in [0.1, 0.15) is 5.75 Å². The van der Waals surface area contributed by atoms with Crippen LogP contribution in [0.25, 0.3) is 0 Å². The molecule has 0 aliphatic carbocycles. The number of para-hydroxylation sites is 1. The van der Waals surface area contributed by atoms with Crippen LogP contribution in [0.3, 0.4) is 0 Å². The summed E-state index contributed by atoms with van der Waals surface area (Å²) in [4.78, 5) is 14.3. The summed E-state index contributed by atoms with van der Waals surface area (Å²) in [6.07, 6.45) is 1.11. The molecule has 0 saturated heterocycles. The second kappa shape index (κ2) is 8.82. The van der Waals surface area contributed by atoms with E-state index in [0.717, 1.165) is 17.5 Å². The van der Waals surface area contributed by atoms with Crippen LogP contribution in [-0.2, 0) is 21.4 Å².